The number of aryl methyl sites for hydroxylation is 1. The van der Waals surface area contributed by atoms with Crippen molar-refractivity contribution in [1.29, 1.82) is 0 Å². The minimum Gasteiger partial charge on any atom is -0.369 e. The second-order valence-corrected chi connectivity index (χ2v) is 8.76. The van der Waals surface area contributed by atoms with Crippen LogP contribution in [0.15, 0.2) is 30.5 Å². The number of carbonyl (C=O) groups excluding carboxylic acids is 2. The van der Waals surface area contributed by atoms with E-state index in [1.165, 1.54) is 0 Å². The Labute approximate surface area is 159 Å². The van der Waals surface area contributed by atoms with Crippen LogP contribution in [-0.2, 0) is 16.0 Å². The molecule has 0 saturated heterocycles. The number of fused-ring (bicyclic) bond motifs is 1. The maximum absolute atomic E-state index is 12.7. The molecule has 1 atom stereocenters. The molecule has 1 fully saturated rings. The normalized spacial score (nSPS) is 22.0. The molecule has 0 spiro atoms. The van der Waals surface area contributed by atoms with Crippen LogP contribution in [-0.4, -0.2) is 21.6 Å². The zero-order valence-corrected chi connectivity index (χ0v) is 16.1. The Bertz CT molecular complexity index is 924. The first-order chi connectivity index (χ1) is 12.7. The molecule has 1 aromatic heterocycles. The van der Waals surface area contributed by atoms with Gasteiger partial charge in [0.05, 0.1) is 23.6 Å². The van der Waals surface area contributed by atoms with Gasteiger partial charge in [0.25, 0.3) is 0 Å². The van der Waals surface area contributed by atoms with Crippen LogP contribution in [0, 0.1) is 17.8 Å². The number of primary amides is 1. The largest absolute Gasteiger partial charge is 0.369 e. The summed E-state index contributed by atoms with van der Waals surface area (Å²) in [5.74, 6) is -0.766. The molecular weight excluding hydrogens is 340 g/mol. The molecule has 0 radical (unpaired) electrons. The quantitative estimate of drug-likeness (QED) is 0.815. The fourth-order valence-corrected chi connectivity index (χ4v) is 4.19. The van der Waals surface area contributed by atoms with E-state index in [1.807, 2.05) is 23.0 Å². The smallest absolute Gasteiger partial charge is 0.236 e. The van der Waals surface area contributed by atoms with Gasteiger partial charge >= 0.3 is 0 Å². The highest BCUT2D eigenvalue weighted by molar-refractivity contribution is 6.07. The van der Waals surface area contributed by atoms with Gasteiger partial charge in [0.1, 0.15) is 5.41 Å². The molecule has 2 amide bonds. The van der Waals surface area contributed by atoms with Crippen LogP contribution >= 0.6 is 0 Å². The molecule has 1 aromatic carbocycles. The molecular formula is C21H26N4O2. The Morgan fingerprint density at radius 2 is 1.96 bits per heavy atom. The van der Waals surface area contributed by atoms with Gasteiger partial charge in [-0.05, 0) is 49.7 Å². The van der Waals surface area contributed by atoms with E-state index >= 15 is 0 Å². The highest BCUT2D eigenvalue weighted by atomic mass is 16.2. The van der Waals surface area contributed by atoms with E-state index in [1.54, 1.807) is 0 Å². The average molecular weight is 366 g/mol. The maximum atomic E-state index is 12.7. The lowest BCUT2D eigenvalue weighted by atomic mass is 9.74. The number of carbonyl (C=O) groups is 2. The summed E-state index contributed by atoms with van der Waals surface area (Å²) >= 11 is 0. The van der Waals surface area contributed by atoms with E-state index in [0.29, 0.717) is 12.8 Å². The Kier molecular flexibility index (Phi) is 3.91. The number of hydrogen-bond donors (Lipinski definition) is 2. The van der Waals surface area contributed by atoms with Crippen molar-refractivity contribution in [3.8, 4) is 5.69 Å². The van der Waals surface area contributed by atoms with Crippen LogP contribution in [0.5, 0.6) is 0 Å². The lowest BCUT2D eigenvalue weighted by Crippen LogP contribution is -2.44. The lowest BCUT2D eigenvalue weighted by molar-refractivity contribution is -0.136. The number of nitrogens with two attached hydrogens (primary N) is 1. The van der Waals surface area contributed by atoms with Crippen molar-refractivity contribution in [2.45, 2.75) is 52.5 Å². The number of para-hydroxylation sites is 1. The fourth-order valence-electron chi connectivity index (χ4n) is 4.19. The van der Waals surface area contributed by atoms with Crippen molar-refractivity contribution in [2.75, 3.05) is 0 Å². The molecule has 1 heterocycles. The SMILES string of the molecule is Cc1ccccc1-n1ncc2c1CC(C)(C)CC2NC(=O)C1(C(N)=O)CC1. The van der Waals surface area contributed by atoms with Gasteiger partial charge in [-0.3, -0.25) is 9.59 Å². The van der Waals surface area contributed by atoms with Crippen LogP contribution in [0.4, 0.5) is 0 Å². The first-order valence-corrected chi connectivity index (χ1v) is 9.47. The number of hydrogen-bond acceptors (Lipinski definition) is 3. The first kappa shape index (κ1) is 17.8. The fraction of sp³-hybridized carbons (Fsp3) is 0.476. The van der Waals surface area contributed by atoms with E-state index in [9.17, 15) is 9.59 Å². The zero-order chi connectivity index (χ0) is 19.4. The Hall–Kier alpha value is -2.63. The zero-order valence-electron chi connectivity index (χ0n) is 16.1. The second-order valence-electron chi connectivity index (χ2n) is 8.76. The number of aromatic nitrogens is 2. The summed E-state index contributed by atoms with van der Waals surface area (Å²) in [6, 6.07) is 7.99. The summed E-state index contributed by atoms with van der Waals surface area (Å²) in [5, 5.41) is 7.74. The summed E-state index contributed by atoms with van der Waals surface area (Å²) in [6.45, 7) is 6.47. The monoisotopic (exact) mass is 366 g/mol. The molecule has 1 unspecified atom stereocenters. The van der Waals surface area contributed by atoms with Crippen molar-refractivity contribution in [3.05, 3.63) is 47.3 Å². The maximum Gasteiger partial charge on any atom is 0.236 e. The molecule has 2 aromatic rings. The van der Waals surface area contributed by atoms with Crippen molar-refractivity contribution in [1.82, 2.24) is 15.1 Å². The van der Waals surface area contributed by atoms with Crippen LogP contribution in [0.25, 0.3) is 5.69 Å². The molecule has 3 N–H and O–H groups in total. The third-order valence-corrected chi connectivity index (χ3v) is 5.98. The van der Waals surface area contributed by atoms with Gasteiger partial charge in [-0.25, -0.2) is 4.68 Å². The van der Waals surface area contributed by atoms with Crippen molar-refractivity contribution in [2.24, 2.45) is 16.6 Å². The summed E-state index contributed by atoms with van der Waals surface area (Å²) in [4.78, 5) is 24.5. The number of rotatable bonds is 4. The molecule has 2 aliphatic carbocycles. The standard InChI is InChI=1S/C21H26N4O2/c1-13-6-4-5-7-16(13)25-17-11-20(2,3)10-15(14(17)12-23-25)24-19(27)21(8-9-21)18(22)26/h4-7,12,15H,8-11H2,1-3H3,(H2,22,26)(H,24,27). The van der Waals surface area contributed by atoms with Crippen molar-refractivity contribution < 1.29 is 9.59 Å². The molecule has 0 aliphatic heterocycles. The van der Waals surface area contributed by atoms with Gasteiger partial charge < -0.3 is 11.1 Å². The van der Waals surface area contributed by atoms with Crippen molar-refractivity contribution >= 4 is 11.8 Å². The van der Waals surface area contributed by atoms with E-state index in [2.05, 4.69) is 43.3 Å². The minimum atomic E-state index is -1.01. The summed E-state index contributed by atoms with van der Waals surface area (Å²) < 4.78 is 1.99. The molecule has 2 aliphatic rings. The van der Waals surface area contributed by atoms with Crippen LogP contribution in [0.3, 0.4) is 0 Å². The van der Waals surface area contributed by atoms with Gasteiger partial charge in [-0.2, -0.15) is 5.10 Å². The lowest BCUT2D eigenvalue weighted by Gasteiger charge is -2.36. The Morgan fingerprint density at radius 1 is 1.26 bits per heavy atom. The third kappa shape index (κ3) is 2.93. The highest BCUT2D eigenvalue weighted by Crippen LogP contribution is 2.47. The number of benzene rings is 1. The number of nitrogens with one attached hydrogen (secondary N) is 1. The predicted octanol–water partition coefficient (Wildman–Crippen LogP) is 2.58. The predicted molar refractivity (Wildman–Crippen MR) is 102 cm³/mol. The van der Waals surface area contributed by atoms with Gasteiger partial charge in [-0.15, -0.1) is 0 Å². The van der Waals surface area contributed by atoms with E-state index < -0.39 is 11.3 Å². The van der Waals surface area contributed by atoms with Crippen LogP contribution in [0.2, 0.25) is 0 Å². The molecule has 142 valence electrons. The summed E-state index contributed by atoms with van der Waals surface area (Å²) in [6.07, 6.45) is 4.62. The second kappa shape index (κ2) is 5.94. The van der Waals surface area contributed by atoms with Crippen LogP contribution < -0.4 is 11.1 Å². The third-order valence-electron chi connectivity index (χ3n) is 5.98. The molecule has 27 heavy (non-hydrogen) atoms. The molecule has 4 rings (SSSR count). The molecule has 1 saturated carbocycles. The van der Waals surface area contributed by atoms with Crippen LogP contribution in [0.1, 0.15) is 56.0 Å². The Morgan fingerprint density at radius 3 is 2.59 bits per heavy atom. The van der Waals surface area contributed by atoms with E-state index in [-0.39, 0.29) is 17.4 Å². The number of nitrogens with zero attached hydrogens (tertiary/aromatic N) is 2. The van der Waals surface area contributed by atoms with E-state index in [4.69, 9.17) is 5.73 Å². The number of amides is 2. The molecule has 6 nitrogen and oxygen atoms in total. The minimum absolute atomic E-state index is 0.00878. The summed E-state index contributed by atoms with van der Waals surface area (Å²) in [7, 11) is 0. The average Bonchev–Trinajstić information content (AvgIpc) is 3.31. The van der Waals surface area contributed by atoms with Gasteiger partial charge in [0.2, 0.25) is 11.8 Å². The highest BCUT2D eigenvalue weighted by Gasteiger charge is 2.56. The van der Waals surface area contributed by atoms with E-state index in [0.717, 1.165) is 35.3 Å². The van der Waals surface area contributed by atoms with Gasteiger partial charge in [0.15, 0.2) is 0 Å². The van der Waals surface area contributed by atoms with Gasteiger partial charge in [0, 0.05) is 5.56 Å². The summed E-state index contributed by atoms with van der Waals surface area (Å²) in [5.41, 5.74) is 8.83. The molecule has 6 heteroatoms. The van der Waals surface area contributed by atoms with Gasteiger partial charge in [-0.1, -0.05) is 32.0 Å². The molecule has 0 bridgehead atoms. The first-order valence-electron chi connectivity index (χ1n) is 9.47. The Balaban J connectivity index is 1.70. The topological polar surface area (TPSA) is 90.0 Å². The van der Waals surface area contributed by atoms with Crippen molar-refractivity contribution in [3.63, 3.8) is 0 Å².